The van der Waals surface area contributed by atoms with Gasteiger partial charge < -0.3 is 4.74 Å². The predicted molar refractivity (Wildman–Crippen MR) is 70.9 cm³/mol. The lowest BCUT2D eigenvalue weighted by atomic mass is 10.1. The van der Waals surface area contributed by atoms with E-state index in [2.05, 4.69) is 25.9 Å². The van der Waals surface area contributed by atoms with Gasteiger partial charge in [0.25, 0.3) is 0 Å². The Morgan fingerprint density at radius 3 is 2.67 bits per heavy atom. The molecule has 0 bridgehead atoms. The number of ketones is 1. The second kappa shape index (κ2) is 5.27. The van der Waals surface area contributed by atoms with Crippen molar-refractivity contribution >= 4 is 21.7 Å². The average molecular weight is 307 g/mol. The minimum absolute atomic E-state index is 0.213. The number of carbonyl (C=O) groups is 1. The van der Waals surface area contributed by atoms with Crippen LogP contribution in [0.4, 0.5) is 0 Å². The Labute approximate surface area is 113 Å². The first-order chi connectivity index (χ1) is 8.63. The molecule has 18 heavy (non-hydrogen) atoms. The summed E-state index contributed by atoms with van der Waals surface area (Å²) in [5.41, 5.74) is 1.83. The van der Waals surface area contributed by atoms with E-state index in [9.17, 15) is 4.79 Å². The van der Waals surface area contributed by atoms with Gasteiger partial charge in [-0.15, -0.1) is 0 Å². The molecule has 0 N–H and O–H groups in total. The van der Waals surface area contributed by atoms with Gasteiger partial charge in [0.2, 0.25) is 11.7 Å². The number of hydrogen-bond acceptors (Lipinski definition) is 4. The summed E-state index contributed by atoms with van der Waals surface area (Å²) in [6, 6.07) is 5.52. The third kappa shape index (κ3) is 2.41. The second-order valence-corrected chi connectivity index (χ2v) is 4.58. The quantitative estimate of drug-likeness (QED) is 0.818. The predicted octanol–water partition coefficient (Wildman–Crippen LogP) is 2.79. The molecule has 5 heteroatoms. The first kappa shape index (κ1) is 12.7. The lowest BCUT2D eigenvalue weighted by Gasteiger charge is -2.07. The Morgan fingerprint density at radius 2 is 2.00 bits per heavy atom. The zero-order valence-corrected chi connectivity index (χ0v) is 11.6. The summed E-state index contributed by atoms with van der Waals surface area (Å²) >= 11 is 3.38. The zero-order chi connectivity index (χ0) is 13.1. The van der Waals surface area contributed by atoms with Gasteiger partial charge in [0.15, 0.2) is 5.69 Å². The first-order valence-electron chi connectivity index (χ1n) is 5.29. The van der Waals surface area contributed by atoms with Crippen LogP contribution in [0, 0.1) is 6.92 Å². The molecule has 0 spiro atoms. The number of aromatic nitrogens is 2. The first-order valence-corrected chi connectivity index (χ1v) is 6.08. The SMILES string of the molecule is COc1nccnc1C(=O)c1ccc(C)cc1Br. The minimum Gasteiger partial charge on any atom is -0.479 e. The fourth-order valence-electron chi connectivity index (χ4n) is 1.56. The van der Waals surface area contributed by atoms with Crippen LogP contribution in [0.3, 0.4) is 0 Å². The van der Waals surface area contributed by atoms with Gasteiger partial charge in [-0.05, 0) is 24.6 Å². The number of aryl methyl sites for hydroxylation is 1. The van der Waals surface area contributed by atoms with Crippen molar-refractivity contribution in [3.63, 3.8) is 0 Å². The molecule has 2 rings (SSSR count). The Hall–Kier alpha value is -1.75. The van der Waals surface area contributed by atoms with Gasteiger partial charge >= 0.3 is 0 Å². The molecule has 0 unspecified atom stereocenters. The summed E-state index contributed by atoms with van der Waals surface area (Å²) < 4.78 is 5.78. The molecule has 1 aromatic carbocycles. The summed E-state index contributed by atoms with van der Waals surface area (Å²) in [4.78, 5) is 20.3. The van der Waals surface area contributed by atoms with Crippen LogP contribution >= 0.6 is 15.9 Å². The molecule has 2 aromatic rings. The summed E-state index contributed by atoms with van der Waals surface area (Å²) in [6.45, 7) is 1.96. The van der Waals surface area contributed by atoms with Crippen LogP contribution in [0.2, 0.25) is 0 Å². The smallest absolute Gasteiger partial charge is 0.243 e. The molecule has 92 valence electrons. The van der Waals surface area contributed by atoms with E-state index >= 15 is 0 Å². The summed E-state index contributed by atoms with van der Waals surface area (Å²) in [5.74, 6) is 0.0156. The van der Waals surface area contributed by atoms with E-state index in [1.165, 1.54) is 19.5 Å². The molecule has 0 aliphatic carbocycles. The number of carbonyl (C=O) groups excluding carboxylic acids is 1. The molecule has 1 aromatic heterocycles. The van der Waals surface area contributed by atoms with Crippen LogP contribution in [0.15, 0.2) is 35.1 Å². The second-order valence-electron chi connectivity index (χ2n) is 3.73. The average Bonchev–Trinajstić information content (AvgIpc) is 2.38. The highest BCUT2D eigenvalue weighted by atomic mass is 79.9. The van der Waals surface area contributed by atoms with Gasteiger partial charge in [-0.2, -0.15) is 0 Å². The van der Waals surface area contributed by atoms with Crippen LogP contribution in [0.1, 0.15) is 21.6 Å². The van der Waals surface area contributed by atoms with E-state index in [1.54, 1.807) is 6.07 Å². The van der Waals surface area contributed by atoms with Crippen LogP contribution < -0.4 is 4.74 Å². The van der Waals surface area contributed by atoms with E-state index in [0.717, 1.165) is 10.0 Å². The maximum absolute atomic E-state index is 12.3. The molecule has 0 atom stereocenters. The molecule has 4 nitrogen and oxygen atoms in total. The summed E-state index contributed by atoms with van der Waals surface area (Å²) in [6.07, 6.45) is 2.96. The van der Waals surface area contributed by atoms with Crippen molar-refractivity contribution in [2.75, 3.05) is 7.11 Å². The molecular weight excluding hydrogens is 296 g/mol. The fraction of sp³-hybridized carbons (Fsp3) is 0.154. The van der Waals surface area contributed by atoms with Crippen molar-refractivity contribution in [3.8, 4) is 5.88 Å². The van der Waals surface area contributed by atoms with Gasteiger partial charge in [0.05, 0.1) is 7.11 Å². The Morgan fingerprint density at radius 1 is 1.28 bits per heavy atom. The van der Waals surface area contributed by atoms with Crippen molar-refractivity contribution in [1.82, 2.24) is 9.97 Å². The molecule has 0 saturated heterocycles. The Bertz CT molecular complexity index is 599. The van der Waals surface area contributed by atoms with E-state index in [-0.39, 0.29) is 17.4 Å². The number of halogens is 1. The molecule has 0 aliphatic rings. The molecular formula is C13H11BrN2O2. The highest BCUT2D eigenvalue weighted by molar-refractivity contribution is 9.10. The molecule has 0 amide bonds. The van der Waals surface area contributed by atoms with Gasteiger partial charge in [-0.1, -0.05) is 22.0 Å². The maximum atomic E-state index is 12.3. The van der Waals surface area contributed by atoms with E-state index in [1.807, 2.05) is 19.1 Å². The van der Waals surface area contributed by atoms with Crippen molar-refractivity contribution in [1.29, 1.82) is 0 Å². The maximum Gasteiger partial charge on any atom is 0.243 e. The van der Waals surface area contributed by atoms with Crippen LogP contribution in [-0.2, 0) is 0 Å². The van der Waals surface area contributed by atoms with Crippen molar-refractivity contribution < 1.29 is 9.53 Å². The number of hydrogen-bond donors (Lipinski definition) is 0. The highest BCUT2D eigenvalue weighted by Crippen LogP contribution is 2.23. The van der Waals surface area contributed by atoms with Crippen LogP contribution in [0.25, 0.3) is 0 Å². The van der Waals surface area contributed by atoms with E-state index in [4.69, 9.17) is 4.74 Å². The van der Waals surface area contributed by atoms with Gasteiger partial charge in [-0.3, -0.25) is 4.79 Å². The third-order valence-electron chi connectivity index (χ3n) is 2.44. The largest absolute Gasteiger partial charge is 0.479 e. The lowest BCUT2D eigenvalue weighted by molar-refractivity contribution is 0.102. The van der Waals surface area contributed by atoms with Gasteiger partial charge in [0, 0.05) is 22.4 Å². The van der Waals surface area contributed by atoms with Crippen molar-refractivity contribution in [2.24, 2.45) is 0 Å². The number of rotatable bonds is 3. The van der Waals surface area contributed by atoms with Crippen molar-refractivity contribution in [3.05, 3.63) is 51.9 Å². The third-order valence-corrected chi connectivity index (χ3v) is 3.10. The highest BCUT2D eigenvalue weighted by Gasteiger charge is 2.19. The fourth-order valence-corrected chi connectivity index (χ4v) is 2.24. The Balaban J connectivity index is 2.48. The minimum atomic E-state index is -0.216. The van der Waals surface area contributed by atoms with Gasteiger partial charge in [0.1, 0.15) is 0 Å². The van der Waals surface area contributed by atoms with Crippen molar-refractivity contribution in [2.45, 2.75) is 6.92 Å². The Kier molecular flexibility index (Phi) is 3.72. The van der Waals surface area contributed by atoms with Crippen LogP contribution in [-0.4, -0.2) is 22.9 Å². The normalized spacial score (nSPS) is 10.2. The molecule has 0 fully saturated rings. The molecule has 0 aliphatic heterocycles. The van der Waals surface area contributed by atoms with Crippen LogP contribution in [0.5, 0.6) is 5.88 Å². The molecule has 0 radical (unpaired) electrons. The summed E-state index contributed by atoms with van der Waals surface area (Å²) in [5, 5.41) is 0. The van der Waals surface area contributed by atoms with E-state index in [0.29, 0.717) is 5.56 Å². The zero-order valence-electron chi connectivity index (χ0n) is 9.98. The monoisotopic (exact) mass is 306 g/mol. The van der Waals surface area contributed by atoms with E-state index < -0.39 is 0 Å². The molecule has 1 heterocycles. The number of nitrogens with zero attached hydrogens (tertiary/aromatic N) is 2. The molecule has 0 saturated carbocycles. The lowest BCUT2D eigenvalue weighted by Crippen LogP contribution is -2.08. The number of ether oxygens (including phenoxy) is 1. The topological polar surface area (TPSA) is 52.1 Å². The standard InChI is InChI=1S/C13H11BrN2O2/c1-8-3-4-9(10(14)7-8)12(17)11-13(18-2)16-6-5-15-11/h3-7H,1-2H3. The number of methoxy groups -OCH3 is 1. The summed E-state index contributed by atoms with van der Waals surface area (Å²) in [7, 11) is 1.46. The number of benzene rings is 1. The van der Waals surface area contributed by atoms with Gasteiger partial charge in [-0.25, -0.2) is 9.97 Å².